The normalized spacial score (nSPS) is 17.9. The van der Waals surface area contributed by atoms with Crippen molar-refractivity contribution >= 4 is 58.0 Å². The maximum Gasteiger partial charge on any atom is 0.259 e. The highest BCUT2D eigenvalue weighted by molar-refractivity contribution is 6.53. The van der Waals surface area contributed by atoms with E-state index in [4.69, 9.17) is 39.5 Å². The van der Waals surface area contributed by atoms with Crippen molar-refractivity contribution in [3.8, 4) is 5.75 Å². The monoisotopic (exact) mass is 560 g/mol. The minimum Gasteiger partial charge on any atom is -0.493 e. The number of hydrogen-bond acceptors (Lipinski definition) is 3. The molecular formula is C24H15Cl3F4N2O3. The van der Waals surface area contributed by atoms with E-state index >= 15 is 0 Å². The van der Waals surface area contributed by atoms with Crippen molar-refractivity contribution in [1.29, 1.82) is 0 Å². The summed E-state index contributed by atoms with van der Waals surface area (Å²) < 4.78 is 58.7. The molecule has 1 saturated carbocycles. The van der Waals surface area contributed by atoms with Gasteiger partial charge in [-0.25, -0.2) is 17.6 Å². The van der Waals surface area contributed by atoms with E-state index in [-0.39, 0.29) is 22.0 Å². The summed E-state index contributed by atoms with van der Waals surface area (Å²) in [7, 11) is 1.11. The van der Waals surface area contributed by atoms with E-state index in [9.17, 15) is 27.2 Å². The number of carbonyl (C=O) groups is 2. The van der Waals surface area contributed by atoms with Crippen LogP contribution in [0.4, 0.5) is 28.9 Å². The van der Waals surface area contributed by atoms with E-state index < -0.39 is 57.0 Å². The summed E-state index contributed by atoms with van der Waals surface area (Å²) >= 11 is 18.4. The molecule has 36 heavy (non-hydrogen) atoms. The third-order valence-electron chi connectivity index (χ3n) is 5.58. The number of nitrogens with one attached hydrogen (secondary N) is 2. The summed E-state index contributed by atoms with van der Waals surface area (Å²) in [5.41, 5.74) is -0.452. The van der Waals surface area contributed by atoms with E-state index in [1.807, 2.05) is 0 Å². The van der Waals surface area contributed by atoms with Gasteiger partial charge in [-0.15, -0.1) is 23.2 Å². The zero-order chi connectivity index (χ0) is 26.4. The topological polar surface area (TPSA) is 67.4 Å². The lowest BCUT2D eigenvalue weighted by Gasteiger charge is -2.14. The summed E-state index contributed by atoms with van der Waals surface area (Å²) in [6.45, 7) is 0. The van der Waals surface area contributed by atoms with Crippen LogP contribution in [0.25, 0.3) is 0 Å². The first kappa shape index (κ1) is 26.1. The summed E-state index contributed by atoms with van der Waals surface area (Å²) in [5, 5.41) is 4.47. The second-order valence-corrected chi connectivity index (χ2v) is 9.76. The van der Waals surface area contributed by atoms with Gasteiger partial charge in [-0.1, -0.05) is 17.7 Å². The van der Waals surface area contributed by atoms with Gasteiger partial charge in [-0.2, -0.15) is 0 Å². The van der Waals surface area contributed by atoms with Gasteiger partial charge in [0.1, 0.15) is 21.8 Å². The average molecular weight is 562 g/mol. The Morgan fingerprint density at radius 2 is 1.64 bits per heavy atom. The first-order valence-corrected chi connectivity index (χ1v) is 11.3. The molecular weight excluding hydrogens is 547 g/mol. The summed E-state index contributed by atoms with van der Waals surface area (Å²) in [5.74, 6) is -7.44. The third kappa shape index (κ3) is 4.96. The number of hydrogen-bond donors (Lipinski definition) is 2. The van der Waals surface area contributed by atoms with Crippen LogP contribution in [0.2, 0.25) is 5.02 Å². The van der Waals surface area contributed by atoms with Crippen LogP contribution in [0, 0.1) is 29.2 Å². The number of halogens is 7. The van der Waals surface area contributed by atoms with E-state index in [2.05, 4.69) is 10.6 Å². The largest absolute Gasteiger partial charge is 0.493 e. The maximum absolute atomic E-state index is 14.7. The van der Waals surface area contributed by atoms with Gasteiger partial charge in [-0.05, 0) is 35.9 Å². The molecule has 2 N–H and O–H groups in total. The molecule has 0 heterocycles. The molecule has 12 heteroatoms. The Balaban J connectivity index is 1.58. The molecule has 1 aliphatic rings. The standard InChI is InChI=1S/C24H15Cl3F4N2O3/c1-36-21-13(22(34)33-18-5-3-11(28)7-16(18)30)8-12(9-17(21)31)32-23(35)20-19(24(20,26)27)10-2-4-15(29)14(25)6-10/h2-9,19-20H,1H3,(H,32,35)(H,33,34)/t19-,20+/m0/s1. The molecule has 3 aromatic rings. The van der Waals surface area contributed by atoms with Gasteiger partial charge in [0.05, 0.1) is 29.3 Å². The first-order chi connectivity index (χ1) is 16.9. The Bertz CT molecular complexity index is 1390. The van der Waals surface area contributed by atoms with Crippen molar-refractivity contribution < 1.29 is 31.9 Å². The van der Waals surface area contributed by atoms with Crippen LogP contribution >= 0.6 is 34.8 Å². The second kappa shape index (κ2) is 9.80. The van der Waals surface area contributed by atoms with E-state index in [1.165, 1.54) is 12.1 Å². The van der Waals surface area contributed by atoms with Gasteiger partial charge in [0.15, 0.2) is 11.6 Å². The number of rotatable bonds is 6. The van der Waals surface area contributed by atoms with Crippen molar-refractivity contribution in [1.82, 2.24) is 0 Å². The fraction of sp³-hybridized carbons (Fsp3) is 0.167. The molecule has 0 saturated heterocycles. The van der Waals surface area contributed by atoms with Gasteiger partial charge in [0.25, 0.3) is 5.91 Å². The average Bonchev–Trinajstić information content (AvgIpc) is 3.39. The quantitative estimate of drug-likeness (QED) is 0.261. The fourth-order valence-corrected chi connectivity index (χ4v) is 4.83. The van der Waals surface area contributed by atoms with Gasteiger partial charge in [0, 0.05) is 23.7 Å². The molecule has 0 unspecified atom stereocenters. The number of alkyl halides is 2. The predicted octanol–water partition coefficient (Wildman–Crippen LogP) is 6.68. The molecule has 0 aliphatic heterocycles. The van der Waals surface area contributed by atoms with E-state index in [0.29, 0.717) is 11.6 Å². The first-order valence-electron chi connectivity index (χ1n) is 10.2. The van der Waals surface area contributed by atoms with Gasteiger partial charge < -0.3 is 15.4 Å². The van der Waals surface area contributed by atoms with Gasteiger partial charge in [0.2, 0.25) is 5.91 Å². The Kier molecular flexibility index (Phi) is 7.10. The van der Waals surface area contributed by atoms with Crippen LogP contribution in [0.1, 0.15) is 21.8 Å². The molecule has 5 nitrogen and oxygen atoms in total. The number of carbonyl (C=O) groups excluding carboxylic acids is 2. The highest BCUT2D eigenvalue weighted by Crippen LogP contribution is 2.65. The lowest BCUT2D eigenvalue weighted by Crippen LogP contribution is -2.19. The predicted molar refractivity (Wildman–Crippen MR) is 128 cm³/mol. The van der Waals surface area contributed by atoms with Crippen LogP contribution in [-0.2, 0) is 4.79 Å². The lowest BCUT2D eigenvalue weighted by atomic mass is 10.1. The molecule has 3 aromatic carbocycles. The van der Waals surface area contributed by atoms with Crippen LogP contribution in [0.3, 0.4) is 0 Å². The van der Waals surface area contributed by atoms with Crippen LogP contribution < -0.4 is 15.4 Å². The second-order valence-electron chi connectivity index (χ2n) is 7.91. The Hall–Kier alpha value is -3.01. The highest BCUT2D eigenvalue weighted by atomic mass is 35.5. The summed E-state index contributed by atoms with van der Waals surface area (Å²) in [6.07, 6.45) is 0. The van der Waals surface area contributed by atoms with E-state index in [1.54, 1.807) is 0 Å². The molecule has 0 spiro atoms. The number of amides is 2. The van der Waals surface area contributed by atoms with Crippen molar-refractivity contribution in [2.75, 3.05) is 17.7 Å². The summed E-state index contributed by atoms with van der Waals surface area (Å²) in [4.78, 5) is 25.7. The SMILES string of the molecule is COc1c(F)cc(NC(=O)[C@H]2[C@H](c3ccc(F)c(Cl)c3)C2(Cl)Cl)cc1C(=O)Nc1ccc(F)cc1F. The number of ether oxygens (including phenoxy) is 1. The molecule has 2 atom stereocenters. The van der Waals surface area contributed by atoms with Crippen molar-refractivity contribution in [2.24, 2.45) is 5.92 Å². The Labute approximate surface area is 217 Å². The Morgan fingerprint density at radius 3 is 2.28 bits per heavy atom. The zero-order valence-electron chi connectivity index (χ0n) is 18.1. The van der Waals surface area contributed by atoms with Gasteiger partial charge in [-0.3, -0.25) is 9.59 Å². The molecule has 0 bridgehead atoms. The van der Waals surface area contributed by atoms with Crippen LogP contribution in [-0.4, -0.2) is 23.3 Å². The molecule has 4 rings (SSSR count). The smallest absolute Gasteiger partial charge is 0.259 e. The Morgan fingerprint density at radius 1 is 0.917 bits per heavy atom. The van der Waals surface area contributed by atoms with Gasteiger partial charge >= 0.3 is 0 Å². The molecule has 0 aromatic heterocycles. The maximum atomic E-state index is 14.7. The molecule has 1 fully saturated rings. The van der Waals surface area contributed by atoms with E-state index in [0.717, 1.165) is 37.4 Å². The fourth-order valence-electron chi connectivity index (χ4n) is 3.82. The molecule has 1 aliphatic carbocycles. The van der Waals surface area contributed by atoms with Crippen molar-refractivity contribution in [2.45, 2.75) is 10.3 Å². The van der Waals surface area contributed by atoms with Crippen molar-refractivity contribution in [3.05, 3.63) is 87.9 Å². The molecule has 188 valence electrons. The third-order valence-corrected chi connectivity index (χ3v) is 6.81. The number of benzene rings is 3. The number of anilines is 2. The van der Waals surface area contributed by atoms with Crippen molar-refractivity contribution in [3.63, 3.8) is 0 Å². The van der Waals surface area contributed by atoms with Crippen LogP contribution in [0.15, 0.2) is 48.5 Å². The highest BCUT2D eigenvalue weighted by Gasteiger charge is 2.67. The minimum atomic E-state index is -1.55. The minimum absolute atomic E-state index is 0.144. The molecule has 2 amide bonds. The lowest BCUT2D eigenvalue weighted by molar-refractivity contribution is -0.117. The number of methoxy groups -OCH3 is 1. The zero-order valence-corrected chi connectivity index (χ0v) is 20.4. The summed E-state index contributed by atoms with van der Waals surface area (Å²) in [6, 6.07) is 8.30. The van der Waals surface area contributed by atoms with Crippen LogP contribution in [0.5, 0.6) is 5.75 Å². The molecule has 0 radical (unpaired) electrons.